The molecule has 0 atom stereocenters. The SMILES string of the molecule is NC(=O)CCCCNC(=O)c1cc(N)c(F)cc1F. The highest BCUT2D eigenvalue weighted by Gasteiger charge is 2.14. The van der Waals surface area contributed by atoms with Gasteiger partial charge in [-0.1, -0.05) is 0 Å². The van der Waals surface area contributed by atoms with E-state index in [2.05, 4.69) is 5.32 Å². The van der Waals surface area contributed by atoms with Gasteiger partial charge in [-0.25, -0.2) is 8.78 Å². The van der Waals surface area contributed by atoms with Gasteiger partial charge in [0.2, 0.25) is 5.91 Å². The van der Waals surface area contributed by atoms with Crippen molar-refractivity contribution in [2.45, 2.75) is 19.3 Å². The smallest absolute Gasteiger partial charge is 0.254 e. The summed E-state index contributed by atoms with van der Waals surface area (Å²) in [5.74, 6) is -2.97. The second kappa shape index (κ2) is 6.67. The molecular formula is C12H15F2N3O2. The fourth-order valence-electron chi connectivity index (χ4n) is 1.46. The van der Waals surface area contributed by atoms with E-state index < -0.39 is 23.4 Å². The lowest BCUT2D eigenvalue weighted by molar-refractivity contribution is -0.118. The number of carbonyl (C=O) groups is 2. The van der Waals surface area contributed by atoms with Crippen molar-refractivity contribution in [1.29, 1.82) is 0 Å². The van der Waals surface area contributed by atoms with Gasteiger partial charge in [0, 0.05) is 19.0 Å². The quantitative estimate of drug-likeness (QED) is 0.530. The number of rotatable bonds is 6. The summed E-state index contributed by atoms with van der Waals surface area (Å²) in [6.07, 6.45) is 1.30. The van der Waals surface area contributed by atoms with Gasteiger partial charge in [-0.05, 0) is 18.9 Å². The van der Waals surface area contributed by atoms with Gasteiger partial charge in [-0.3, -0.25) is 9.59 Å². The van der Waals surface area contributed by atoms with E-state index in [0.717, 1.165) is 6.07 Å². The average molecular weight is 271 g/mol. The molecule has 0 aromatic heterocycles. The lowest BCUT2D eigenvalue weighted by Gasteiger charge is -2.07. The Balaban J connectivity index is 2.50. The van der Waals surface area contributed by atoms with Crippen molar-refractivity contribution in [3.63, 3.8) is 0 Å². The van der Waals surface area contributed by atoms with Crippen molar-refractivity contribution in [2.75, 3.05) is 12.3 Å². The second-order valence-electron chi connectivity index (χ2n) is 4.03. The standard InChI is InChI=1S/C12H15F2N3O2/c13-8-6-9(14)10(15)5-7(8)12(19)17-4-2-1-3-11(16)18/h5-6H,1-4,15H2,(H2,16,18)(H,17,19). The zero-order chi connectivity index (χ0) is 14.4. The van der Waals surface area contributed by atoms with Crippen LogP contribution >= 0.6 is 0 Å². The lowest BCUT2D eigenvalue weighted by Crippen LogP contribution is -2.26. The largest absolute Gasteiger partial charge is 0.396 e. The molecule has 19 heavy (non-hydrogen) atoms. The summed E-state index contributed by atoms with van der Waals surface area (Å²) in [6.45, 7) is 0.267. The molecule has 1 aromatic rings. The molecule has 0 unspecified atom stereocenters. The topological polar surface area (TPSA) is 98.2 Å². The van der Waals surface area contributed by atoms with Crippen LogP contribution in [-0.4, -0.2) is 18.4 Å². The number of anilines is 1. The van der Waals surface area contributed by atoms with E-state index >= 15 is 0 Å². The first-order chi connectivity index (χ1) is 8.91. The number of nitrogens with one attached hydrogen (secondary N) is 1. The number of amides is 2. The zero-order valence-corrected chi connectivity index (χ0v) is 10.2. The van der Waals surface area contributed by atoms with E-state index in [1.807, 2.05) is 0 Å². The van der Waals surface area contributed by atoms with Crippen LogP contribution in [0.3, 0.4) is 0 Å². The van der Waals surface area contributed by atoms with Crippen molar-refractivity contribution < 1.29 is 18.4 Å². The van der Waals surface area contributed by atoms with Gasteiger partial charge in [0.05, 0.1) is 11.3 Å². The number of nitrogen functional groups attached to an aromatic ring is 1. The van der Waals surface area contributed by atoms with Gasteiger partial charge in [0.1, 0.15) is 11.6 Å². The molecule has 5 nitrogen and oxygen atoms in total. The van der Waals surface area contributed by atoms with E-state index in [4.69, 9.17) is 11.5 Å². The molecule has 0 aliphatic heterocycles. The van der Waals surface area contributed by atoms with Crippen molar-refractivity contribution in [3.8, 4) is 0 Å². The van der Waals surface area contributed by atoms with Crippen molar-refractivity contribution in [3.05, 3.63) is 29.3 Å². The lowest BCUT2D eigenvalue weighted by atomic mass is 10.1. The highest BCUT2D eigenvalue weighted by atomic mass is 19.1. The van der Waals surface area contributed by atoms with Crippen LogP contribution in [0.5, 0.6) is 0 Å². The molecular weight excluding hydrogens is 256 g/mol. The predicted molar refractivity (Wildman–Crippen MR) is 66.1 cm³/mol. The first-order valence-electron chi connectivity index (χ1n) is 5.73. The van der Waals surface area contributed by atoms with Gasteiger partial charge in [-0.2, -0.15) is 0 Å². The summed E-state index contributed by atoms with van der Waals surface area (Å²) in [6, 6.07) is 1.51. The molecule has 0 spiro atoms. The van der Waals surface area contributed by atoms with Crippen molar-refractivity contribution >= 4 is 17.5 Å². The van der Waals surface area contributed by atoms with Crippen LogP contribution in [0.2, 0.25) is 0 Å². The zero-order valence-electron chi connectivity index (χ0n) is 10.2. The second-order valence-corrected chi connectivity index (χ2v) is 4.03. The summed E-state index contributed by atoms with van der Waals surface area (Å²) in [7, 11) is 0. The minimum atomic E-state index is -0.971. The third-order valence-corrected chi connectivity index (χ3v) is 2.47. The van der Waals surface area contributed by atoms with Crippen LogP contribution in [0.1, 0.15) is 29.6 Å². The highest BCUT2D eigenvalue weighted by molar-refractivity contribution is 5.95. The van der Waals surface area contributed by atoms with Gasteiger partial charge >= 0.3 is 0 Å². The molecule has 1 rings (SSSR count). The van der Waals surface area contributed by atoms with Gasteiger partial charge < -0.3 is 16.8 Å². The molecule has 5 N–H and O–H groups in total. The minimum Gasteiger partial charge on any atom is -0.396 e. The Hall–Kier alpha value is -2.18. The fourth-order valence-corrected chi connectivity index (χ4v) is 1.46. The highest BCUT2D eigenvalue weighted by Crippen LogP contribution is 2.16. The van der Waals surface area contributed by atoms with E-state index in [1.165, 1.54) is 0 Å². The summed E-state index contributed by atoms with van der Waals surface area (Å²) in [5, 5.41) is 2.45. The molecule has 0 heterocycles. The average Bonchev–Trinajstić information content (AvgIpc) is 2.32. The minimum absolute atomic E-state index is 0.230. The number of hydrogen-bond donors (Lipinski definition) is 3. The molecule has 7 heteroatoms. The van der Waals surface area contributed by atoms with Crippen LogP contribution in [0.4, 0.5) is 14.5 Å². The van der Waals surface area contributed by atoms with Crippen LogP contribution < -0.4 is 16.8 Å². The number of halogens is 2. The third-order valence-electron chi connectivity index (χ3n) is 2.47. The maximum atomic E-state index is 13.3. The summed E-state index contributed by atoms with van der Waals surface area (Å²) in [4.78, 5) is 22.1. The molecule has 0 bridgehead atoms. The van der Waals surface area contributed by atoms with E-state index in [1.54, 1.807) is 0 Å². The van der Waals surface area contributed by atoms with E-state index in [0.29, 0.717) is 18.9 Å². The molecule has 0 aliphatic rings. The molecule has 2 amide bonds. The normalized spacial score (nSPS) is 10.2. The molecule has 0 radical (unpaired) electrons. The first kappa shape index (κ1) is 14.9. The Morgan fingerprint density at radius 1 is 1.16 bits per heavy atom. The molecule has 1 aromatic carbocycles. The molecule has 0 saturated heterocycles. The summed E-state index contributed by atoms with van der Waals surface area (Å²) in [5.41, 5.74) is 9.61. The Kier molecular flexibility index (Phi) is 5.23. The van der Waals surface area contributed by atoms with Gasteiger partial charge in [-0.15, -0.1) is 0 Å². The Morgan fingerprint density at radius 2 is 1.84 bits per heavy atom. The molecule has 0 aliphatic carbocycles. The number of primary amides is 1. The summed E-state index contributed by atoms with van der Waals surface area (Å²) >= 11 is 0. The number of unbranched alkanes of at least 4 members (excludes halogenated alkanes) is 1. The van der Waals surface area contributed by atoms with Gasteiger partial charge in [0.25, 0.3) is 5.91 Å². The van der Waals surface area contributed by atoms with E-state index in [9.17, 15) is 18.4 Å². The van der Waals surface area contributed by atoms with E-state index in [-0.39, 0.29) is 24.2 Å². The van der Waals surface area contributed by atoms with Crippen LogP contribution in [-0.2, 0) is 4.79 Å². The number of nitrogens with two attached hydrogens (primary N) is 2. The maximum absolute atomic E-state index is 13.3. The van der Waals surface area contributed by atoms with Crippen LogP contribution in [0.15, 0.2) is 12.1 Å². The molecule has 104 valence electrons. The van der Waals surface area contributed by atoms with Crippen molar-refractivity contribution in [2.24, 2.45) is 5.73 Å². The number of hydrogen-bond acceptors (Lipinski definition) is 3. The number of benzene rings is 1. The number of carbonyl (C=O) groups excluding carboxylic acids is 2. The third kappa shape index (κ3) is 4.53. The van der Waals surface area contributed by atoms with Crippen LogP contribution in [0.25, 0.3) is 0 Å². The molecule has 0 saturated carbocycles. The monoisotopic (exact) mass is 271 g/mol. The Morgan fingerprint density at radius 3 is 2.47 bits per heavy atom. The predicted octanol–water partition coefficient (Wildman–Crippen LogP) is 0.932. The van der Waals surface area contributed by atoms with Gasteiger partial charge in [0.15, 0.2) is 0 Å². The Bertz CT molecular complexity index is 492. The molecule has 0 fully saturated rings. The first-order valence-corrected chi connectivity index (χ1v) is 5.73. The summed E-state index contributed by atoms with van der Waals surface area (Å²) < 4.78 is 26.3. The van der Waals surface area contributed by atoms with Crippen LogP contribution in [0, 0.1) is 11.6 Å². The maximum Gasteiger partial charge on any atom is 0.254 e. The fraction of sp³-hybridized carbons (Fsp3) is 0.333. The Labute approximate surface area is 109 Å². The van der Waals surface area contributed by atoms with Crippen molar-refractivity contribution in [1.82, 2.24) is 5.32 Å².